The van der Waals surface area contributed by atoms with E-state index in [1.807, 2.05) is 19.1 Å². The van der Waals surface area contributed by atoms with Crippen LogP contribution in [-0.2, 0) is 11.3 Å². The van der Waals surface area contributed by atoms with Gasteiger partial charge in [0.1, 0.15) is 5.82 Å². The second kappa shape index (κ2) is 5.92. The van der Waals surface area contributed by atoms with Crippen LogP contribution in [0.25, 0.3) is 0 Å². The third-order valence-electron chi connectivity index (χ3n) is 3.62. The predicted molar refractivity (Wildman–Crippen MR) is 85.1 cm³/mol. The van der Waals surface area contributed by atoms with Crippen LogP contribution in [0.5, 0.6) is 0 Å². The van der Waals surface area contributed by atoms with Crippen molar-refractivity contribution in [3.63, 3.8) is 0 Å². The van der Waals surface area contributed by atoms with Crippen LogP contribution in [0.15, 0.2) is 34.5 Å². The Morgan fingerprint density at radius 1 is 1.36 bits per heavy atom. The number of thioether (sulfide) groups is 1. The van der Waals surface area contributed by atoms with Gasteiger partial charge < -0.3 is 5.32 Å². The van der Waals surface area contributed by atoms with E-state index in [9.17, 15) is 9.59 Å². The molecule has 0 aliphatic carbocycles. The number of aromatic nitrogens is 3. The number of anilines is 1. The van der Waals surface area contributed by atoms with Gasteiger partial charge in [0.15, 0.2) is 5.16 Å². The Balaban J connectivity index is 1.80. The third kappa shape index (κ3) is 2.76. The summed E-state index contributed by atoms with van der Waals surface area (Å²) in [5.74, 6) is 0.777. The zero-order valence-corrected chi connectivity index (χ0v) is 13.2. The molecule has 0 bridgehead atoms. The lowest BCUT2D eigenvalue weighted by molar-refractivity contribution is -0.119. The van der Waals surface area contributed by atoms with Crippen molar-refractivity contribution in [1.82, 2.24) is 14.5 Å². The Bertz CT molecular complexity index is 787. The highest BCUT2D eigenvalue weighted by atomic mass is 32.2. The Hall–Kier alpha value is -2.15. The number of aryl methyl sites for hydroxylation is 2. The molecular formula is C15H16N4O2S. The van der Waals surface area contributed by atoms with Crippen molar-refractivity contribution in [2.45, 2.75) is 25.5 Å². The van der Waals surface area contributed by atoms with Crippen molar-refractivity contribution in [1.29, 1.82) is 0 Å². The first-order valence-electron chi connectivity index (χ1n) is 6.98. The van der Waals surface area contributed by atoms with Gasteiger partial charge >= 0.3 is 0 Å². The smallest absolute Gasteiger partial charge is 0.257 e. The lowest BCUT2D eigenvalue weighted by Gasteiger charge is -2.24. The van der Waals surface area contributed by atoms with Crippen molar-refractivity contribution >= 4 is 23.5 Å². The van der Waals surface area contributed by atoms with E-state index in [0.717, 1.165) is 5.56 Å². The van der Waals surface area contributed by atoms with Crippen LogP contribution in [0, 0.1) is 19.8 Å². The number of nitrogens with zero attached hydrogens (tertiary/aromatic N) is 3. The zero-order chi connectivity index (χ0) is 15.7. The molecule has 1 N–H and O–H groups in total. The average molecular weight is 316 g/mol. The Morgan fingerprint density at radius 2 is 2.18 bits per heavy atom. The van der Waals surface area contributed by atoms with Gasteiger partial charge in [-0.3, -0.25) is 14.2 Å². The number of fused-ring (bicyclic) bond motifs is 1. The number of hydrogen-bond acceptors (Lipinski definition) is 5. The highest BCUT2D eigenvalue weighted by Gasteiger charge is 2.27. The highest BCUT2D eigenvalue weighted by Crippen LogP contribution is 2.25. The van der Waals surface area contributed by atoms with Crippen molar-refractivity contribution in [3.05, 3.63) is 46.0 Å². The molecule has 0 spiro atoms. The summed E-state index contributed by atoms with van der Waals surface area (Å²) in [5, 5.41) is 3.52. The summed E-state index contributed by atoms with van der Waals surface area (Å²) in [5.41, 5.74) is 1.42. The van der Waals surface area contributed by atoms with Gasteiger partial charge in [-0.1, -0.05) is 17.8 Å². The quantitative estimate of drug-likeness (QED) is 0.852. The van der Waals surface area contributed by atoms with Crippen molar-refractivity contribution in [3.8, 4) is 0 Å². The molecule has 7 heteroatoms. The molecule has 114 valence electrons. The molecule has 0 fully saturated rings. The molecule has 3 heterocycles. The van der Waals surface area contributed by atoms with Crippen molar-refractivity contribution < 1.29 is 4.79 Å². The lowest BCUT2D eigenvalue weighted by atomic mass is 10.1. The minimum absolute atomic E-state index is 0.0796. The number of nitrogens with one attached hydrogen (secondary N) is 1. The Morgan fingerprint density at radius 3 is 2.95 bits per heavy atom. The average Bonchev–Trinajstić information content (AvgIpc) is 2.53. The summed E-state index contributed by atoms with van der Waals surface area (Å²) in [4.78, 5) is 33.0. The van der Waals surface area contributed by atoms with Crippen molar-refractivity contribution in [2.75, 3.05) is 11.1 Å². The number of pyridine rings is 1. The highest BCUT2D eigenvalue weighted by molar-refractivity contribution is 7.99. The molecule has 0 saturated heterocycles. The fraction of sp³-hybridized carbons (Fsp3) is 0.333. The number of carbonyl (C=O) groups excluding carboxylic acids is 1. The number of rotatable bonds is 2. The van der Waals surface area contributed by atoms with Crippen LogP contribution in [0.2, 0.25) is 0 Å². The van der Waals surface area contributed by atoms with E-state index in [4.69, 9.17) is 0 Å². The molecule has 3 rings (SSSR count). The van der Waals surface area contributed by atoms with E-state index in [1.165, 1.54) is 11.8 Å². The van der Waals surface area contributed by atoms with Gasteiger partial charge in [-0.2, -0.15) is 0 Å². The van der Waals surface area contributed by atoms with Gasteiger partial charge in [-0.05, 0) is 25.5 Å². The predicted octanol–water partition coefficient (Wildman–Crippen LogP) is 1.62. The van der Waals surface area contributed by atoms with E-state index in [2.05, 4.69) is 15.3 Å². The second-order valence-corrected chi connectivity index (χ2v) is 6.29. The first kappa shape index (κ1) is 14.8. The monoisotopic (exact) mass is 316 g/mol. The maximum atomic E-state index is 12.4. The summed E-state index contributed by atoms with van der Waals surface area (Å²) >= 11 is 1.43. The summed E-state index contributed by atoms with van der Waals surface area (Å²) in [6.45, 7) is 3.98. The van der Waals surface area contributed by atoms with Gasteiger partial charge in [-0.15, -0.1) is 0 Å². The Kier molecular flexibility index (Phi) is 3.98. The maximum Gasteiger partial charge on any atom is 0.257 e. The molecule has 0 aromatic carbocycles. The minimum atomic E-state index is -0.278. The SMILES string of the molecule is Cc1cccnc1NC(=O)[C@@H]1CSc2ncc(C)c(=O)n2C1. The minimum Gasteiger partial charge on any atom is -0.310 e. The maximum absolute atomic E-state index is 12.4. The molecule has 0 unspecified atom stereocenters. The molecule has 0 radical (unpaired) electrons. The molecule has 0 saturated carbocycles. The lowest BCUT2D eigenvalue weighted by Crippen LogP contribution is -2.37. The first-order valence-corrected chi connectivity index (χ1v) is 7.96. The van der Waals surface area contributed by atoms with Gasteiger partial charge in [-0.25, -0.2) is 9.97 Å². The standard InChI is InChI=1S/C15H16N4O2S/c1-9-4-3-5-16-12(9)18-13(20)11-7-19-14(21)10(2)6-17-15(19)22-8-11/h3-6,11H,7-8H2,1-2H3,(H,16,18,20)/t11-/m0/s1. The Labute approximate surface area is 132 Å². The molecule has 22 heavy (non-hydrogen) atoms. The molecule has 1 aliphatic rings. The molecule has 2 aromatic heterocycles. The summed E-state index contributed by atoms with van der Waals surface area (Å²) in [6, 6.07) is 3.72. The van der Waals surface area contributed by atoms with Crippen LogP contribution < -0.4 is 10.9 Å². The zero-order valence-electron chi connectivity index (χ0n) is 12.4. The van der Waals surface area contributed by atoms with Crippen LogP contribution in [-0.4, -0.2) is 26.2 Å². The van der Waals surface area contributed by atoms with Gasteiger partial charge in [0.25, 0.3) is 5.56 Å². The van der Waals surface area contributed by atoms with Crippen LogP contribution in [0.4, 0.5) is 5.82 Å². The van der Waals surface area contributed by atoms with Gasteiger partial charge in [0, 0.05) is 30.3 Å². The van der Waals surface area contributed by atoms with E-state index in [1.54, 1.807) is 23.9 Å². The van der Waals surface area contributed by atoms with E-state index in [-0.39, 0.29) is 17.4 Å². The number of amides is 1. The van der Waals surface area contributed by atoms with Gasteiger partial charge in [0.2, 0.25) is 5.91 Å². The molecular weight excluding hydrogens is 300 g/mol. The first-order chi connectivity index (χ1) is 10.6. The summed E-state index contributed by atoms with van der Waals surface area (Å²) < 4.78 is 1.58. The van der Waals surface area contributed by atoms with Crippen LogP contribution in [0.1, 0.15) is 11.1 Å². The fourth-order valence-electron chi connectivity index (χ4n) is 2.30. The normalized spacial score (nSPS) is 16.9. The van der Waals surface area contributed by atoms with E-state index >= 15 is 0 Å². The molecule has 1 atom stereocenters. The van der Waals surface area contributed by atoms with Crippen molar-refractivity contribution in [2.24, 2.45) is 5.92 Å². The molecule has 6 nitrogen and oxygen atoms in total. The molecule has 1 amide bonds. The van der Waals surface area contributed by atoms with Crippen LogP contribution >= 0.6 is 11.8 Å². The number of carbonyl (C=O) groups is 1. The molecule has 2 aromatic rings. The summed E-state index contributed by atoms with van der Waals surface area (Å²) in [7, 11) is 0. The fourth-order valence-corrected chi connectivity index (χ4v) is 3.34. The largest absolute Gasteiger partial charge is 0.310 e. The molecule has 1 aliphatic heterocycles. The van der Waals surface area contributed by atoms with Gasteiger partial charge in [0.05, 0.1) is 5.92 Å². The topological polar surface area (TPSA) is 76.9 Å². The third-order valence-corrected chi connectivity index (χ3v) is 4.77. The second-order valence-electron chi connectivity index (χ2n) is 5.31. The van der Waals surface area contributed by atoms with E-state index in [0.29, 0.717) is 28.8 Å². The summed E-state index contributed by atoms with van der Waals surface area (Å²) in [6.07, 6.45) is 3.23. The van der Waals surface area contributed by atoms with E-state index < -0.39 is 0 Å². The van der Waals surface area contributed by atoms with Crippen LogP contribution in [0.3, 0.4) is 0 Å². The number of hydrogen-bond donors (Lipinski definition) is 1.